The zero-order chi connectivity index (χ0) is 18.4. The van der Waals surface area contributed by atoms with Crippen molar-refractivity contribution in [3.8, 4) is 17.7 Å². The molecule has 0 aromatic heterocycles. The van der Waals surface area contributed by atoms with Crippen LogP contribution < -0.4 is 9.47 Å². The van der Waals surface area contributed by atoms with Gasteiger partial charge in [0, 0.05) is 26.7 Å². The maximum absolute atomic E-state index is 12.5. The number of ether oxygens (including phenoxy) is 3. The Morgan fingerprint density at radius 1 is 1.28 bits per heavy atom. The van der Waals surface area contributed by atoms with Gasteiger partial charge in [-0.15, -0.1) is 0 Å². The highest BCUT2D eigenvalue weighted by atomic mass is 16.7. The lowest BCUT2D eigenvalue weighted by Crippen LogP contribution is -2.37. The summed E-state index contributed by atoms with van der Waals surface area (Å²) in [6, 6.07) is 5.63. The van der Waals surface area contributed by atoms with E-state index in [-0.39, 0.29) is 12.9 Å². The van der Waals surface area contributed by atoms with Crippen LogP contribution in [0.25, 0.3) is 0 Å². The lowest BCUT2D eigenvalue weighted by Gasteiger charge is -2.28. The molecule has 0 spiro atoms. The molecule has 1 aliphatic heterocycles. The topological polar surface area (TPSA) is 75.0 Å². The highest BCUT2D eigenvalue weighted by molar-refractivity contribution is 5.68. The molecule has 1 aromatic rings. The fourth-order valence-corrected chi connectivity index (χ4v) is 2.37. The monoisotopic (exact) mass is 347 g/mol. The van der Waals surface area contributed by atoms with Crippen LogP contribution >= 0.6 is 0 Å². The fraction of sp³-hybridized carbons (Fsp3) is 0.556. The van der Waals surface area contributed by atoms with Crippen molar-refractivity contribution in [2.24, 2.45) is 0 Å². The molecule has 0 radical (unpaired) electrons. The highest BCUT2D eigenvalue weighted by Crippen LogP contribution is 2.32. The molecule has 0 N–H and O–H groups in total. The molecular formula is C18H25N3O4. The minimum atomic E-state index is -0.562. The van der Waals surface area contributed by atoms with Crippen molar-refractivity contribution < 1.29 is 19.0 Å². The Labute approximate surface area is 148 Å². The molecule has 1 aromatic carbocycles. The Balaban J connectivity index is 2.05. The number of hydrogen-bond acceptors (Lipinski definition) is 6. The van der Waals surface area contributed by atoms with E-state index in [0.717, 1.165) is 5.56 Å². The molecule has 0 saturated carbocycles. The number of hydrogen-bond donors (Lipinski definition) is 0. The van der Waals surface area contributed by atoms with Crippen LogP contribution in [0.3, 0.4) is 0 Å². The van der Waals surface area contributed by atoms with Crippen molar-refractivity contribution >= 4 is 6.09 Å². The number of carbonyl (C=O) groups excluding carboxylic acids is 1. The van der Waals surface area contributed by atoms with Gasteiger partial charge in [0.25, 0.3) is 0 Å². The van der Waals surface area contributed by atoms with Crippen LogP contribution in [0.5, 0.6) is 11.5 Å². The predicted molar refractivity (Wildman–Crippen MR) is 92.1 cm³/mol. The van der Waals surface area contributed by atoms with E-state index in [0.29, 0.717) is 37.6 Å². The first-order valence-corrected chi connectivity index (χ1v) is 8.26. The lowest BCUT2D eigenvalue weighted by molar-refractivity contribution is 0.0229. The summed E-state index contributed by atoms with van der Waals surface area (Å²) < 4.78 is 16.2. The maximum atomic E-state index is 12.5. The fourth-order valence-electron chi connectivity index (χ4n) is 2.37. The summed E-state index contributed by atoms with van der Waals surface area (Å²) in [4.78, 5) is 15.7. The van der Waals surface area contributed by atoms with Gasteiger partial charge in [0.2, 0.25) is 6.79 Å². The zero-order valence-corrected chi connectivity index (χ0v) is 15.2. The molecule has 0 unspecified atom stereocenters. The van der Waals surface area contributed by atoms with Crippen molar-refractivity contribution in [1.82, 2.24) is 9.80 Å². The number of carbonyl (C=O) groups is 1. The van der Waals surface area contributed by atoms with Crippen LogP contribution in [0, 0.1) is 11.5 Å². The van der Waals surface area contributed by atoms with E-state index in [1.54, 1.807) is 11.9 Å². The Bertz CT molecular complexity index is 649. The second-order valence-corrected chi connectivity index (χ2v) is 6.96. The summed E-state index contributed by atoms with van der Waals surface area (Å²) in [7, 11) is 1.72. The zero-order valence-electron chi connectivity index (χ0n) is 15.2. The van der Waals surface area contributed by atoms with Gasteiger partial charge in [0.15, 0.2) is 17.7 Å². The summed E-state index contributed by atoms with van der Waals surface area (Å²) in [5.41, 5.74) is 0.372. The summed E-state index contributed by atoms with van der Waals surface area (Å²) in [5.74, 6) is 1.40. The SMILES string of the molecule is CN(C#N)CCCN(Cc1ccc2c(c1)OCO2)C(=O)OC(C)(C)C. The first kappa shape index (κ1) is 18.7. The average Bonchev–Trinajstić information content (AvgIpc) is 2.99. The van der Waals surface area contributed by atoms with Crippen molar-refractivity contribution in [2.75, 3.05) is 26.9 Å². The quantitative estimate of drug-likeness (QED) is 0.582. The molecule has 1 heterocycles. The van der Waals surface area contributed by atoms with Gasteiger partial charge in [-0.1, -0.05) is 6.07 Å². The summed E-state index contributed by atoms with van der Waals surface area (Å²) in [6.45, 7) is 7.22. The van der Waals surface area contributed by atoms with Crippen LogP contribution in [0.15, 0.2) is 18.2 Å². The molecule has 0 bridgehead atoms. The molecule has 25 heavy (non-hydrogen) atoms. The van der Waals surface area contributed by atoms with Crippen molar-refractivity contribution in [3.05, 3.63) is 23.8 Å². The van der Waals surface area contributed by atoms with E-state index >= 15 is 0 Å². The second kappa shape index (κ2) is 7.97. The van der Waals surface area contributed by atoms with Gasteiger partial charge in [-0.05, 0) is 44.9 Å². The van der Waals surface area contributed by atoms with Crippen molar-refractivity contribution in [1.29, 1.82) is 5.26 Å². The normalized spacial score (nSPS) is 12.4. The number of rotatable bonds is 6. The second-order valence-electron chi connectivity index (χ2n) is 6.96. The molecule has 1 aliphatic rings. The smallest absolute Gasteiger partial charge is 0.410 e. The number of nitriles is 1. The highest BCUT2D eigenvalue weighted by Gasteiger charge is 2.23. The van der Waals surface area contributed by atoms with E-state index in [4.69, 9.17) is 19.5 Å². The van der Waals surface area contributed by atoms with E-state index in [2.05, 4.69) is 6.19 Å². The number of nitrogens with zero attached hydrogens (tertiary/aromatic N) is 3. The third-order valence-corrected chi connectivity index (χ3v) is 3.55. The van der Waals surface area contributed by atoms with Gasteiger partial charge in [-0.2, -0.15) is 5.26 Å². The van der Waals surface area contributed by atoms with Crippen molar-refractivity contribution in [2.45, 2.75) is 39.3 Å². The molecule has 1 amide bonds. The van der Waals surface area contributed by atoms with Gasteiger partial charge in [-0.25, -0.2) is 4.79 Å². The molecule has 7 heteroatoms. The van der Waals surface area contributed by atoms with Crippen LogP contribution in [0.4, 0.5) is 4.79 Å². The first-order chi connectivity index (χ1) is 11.8. The molecule has 0 fully saturated rings. The van der Waals surface area contributed by atoms with Crippen LogP contribution in [-0.2, 0) is 11.3 Å². The molecule has 7 nitrogen and oxygen atoms in total. The Morgan fingerprint density at radius 3 is 2.68 bits per heavy atom. The minimum absolute atomic E-state index is 0.217. The third kappa shape index (κ3) is 5.75. The summed E-state index contributed by atoms with van der Waals surface area (Å²) >= 11 is 0. The summed E-state index contributed by atoms with van der Waals surface area (Å²) in [5, 5.41) is 8.83. The number of amides is 1. The van der Waals surface area contributed by atoms with E-state index in [9.17, 15) is 4.79 Å². The Kier molecular flexibility index (Phi) is 5.97. The molecular weight excluding hydrogens is 322 g/mol. The van der Waals surface area contributed by atoms with E-state index < -0.39 is 5.60 Å². The Hall–Kier alpha value is -2.62. The van der Waals surface area contributed by atoms with Gasteiger partial charge >= 0.3 is 6.09 Å². The van der Waals surface area contributed by atoms with E-state index in [1.165, 1.54) is 4.90 Å². The molecule has 0 saturated heterocycles. The van der Waals surface area contributed by atoms with Gasteiger partial charge in [0.1, 0.15) is 5.60 Å². The number of fused-ring (bicyclic) bond motifs is 1. The minimum Gasteiger partial charge on any atom is -0.454 e. The molecule has 0 aliphatic carbocycles. The molecule has 2 rings (SSSR count). The standard InChI is InChI=1S/C18H25N3O4/c1-18(2,3)25-17(22)21(9-5-8-20(4)12-19)11-14-6-7-15-16(10-14)24-13-23-15/h6-7,10H,5,8-9,11,13H2,1-4H3. The predicted octanol–water partition coefficient (Wildman–Crippen LogP) is 2.96. The van der Waals surface area contributed by atoms with Crippen LogP contribution in [-0.4, -0.2) is 48.4 Å². The molecule has 0 atom stereocenters. The third-order valence-electron chi connectivity index (χ3n) is 3.55. The van der Waals surface area contributed by atoms with E-state index in [1.807, 2.05) is 39.0 Å². The lowest BCUT2D eigenvalue weighted by atomic mass is 10.2. The van der Waals surface area contributed by atoms with Gasteiger partial charge in [0.05, 0.1) is 0 Å². The number of benzene rings is 1. The largest absolute Gasteiger partial charge is 0.454 e. The van der Waals surface area contributed by atoms with Gasteiger partial charge < -0.3 is 24.0 Å². The average molecular weight is 347 g/mol. The van der Waals surface area contributed by atoms with Gasteiger partial charge in [-0.3, -0.25) is 0 Å². The first-order valence-electron chi connectivity index (χ1n) is 8.26. The van der Waals surface area contributed by atoms with Crippen LogP contribution in [0.1, 0.15) is 32.8 Å². The van der Waals surface area contributed by atoms with Crippen molar-refractivity contribution in [3.63, 3.8) is 0 Å². The Morgan fingerprint density at radius 2 is 2.00 bits per heavy atom. The summed E-state index contributed by atoms with van der Waals surface area (Å²) in [6.07, 6.45) is 2.36. The van der Waals surface area contributed by atoms with Crippen LogP contribution in [0.2, 0.25) is 0 Å². The maximum Gasteiger partial charge on any atom is 0.410 e. The molecule has 136 valence electrons.